The summed E-state index contributed by atoms with van der Waals surface area (Å²) in [5, 5.41) is 3.30. The van der Waals surface area contributed by atoms with Crippen LogP contribution in [0.3, 0.4) is 0 Å². The van der Waals surface area contributed by atoms with Crippen LogP contribution in [0.15, 0.2) is 53.2 Å². The first kappa shape index (κ1) is 17.5. The molecule has 6 heteroatoms. The van der Waals surface area contributed by atoms with E-state index in [1.807, 2.05) is 24.3 Å². The van der Waals surface area contributed by atoms with Crippen molar-refractivity contribution in [3.05, 3.63) is 69.3 Å². The minimum absolute atomic E-state index is 0.0651. The zero-order valence-corrected chi connectivity index (χ0v) is 15.3. The Kier molecular flexibility index (Phi) is 4.84. The first-order chi connectivity index (χ1) is 11.9. The van der Waals surface area contributed by atoms with Gasteiger partial charge in [-0.05, 0) is 48.7 Å². The number of hydrogen-bond acceptors (Lipinski definition) is 3. The summed E-state index contributed by atoms with van der Waals surface area (Å²) in [6.07, 6.45) is 0.920. The predicted molar refractivity (Wildman–Crippen MR) is 101 cm³/mol. The molecule has 4 nitrogen and oxygen atoms in total. The van der Waals surface area contributed by atoms with E-state index in [1.165, 1.54) is 5.56 Å². The van der Waals surface area contributed by atoms with Gasteiger partial charge in [0.2, 0.25) is 0 Å². The second-order valence-corrected chi connectivity index (χ2v) is 6.48. The summed E-state index contributed by atoms with van der Waals surface area (Å²) in [5.74, 6) is -1.07. The van der Waals surface area contributed by atoms with Crippen LogP contribution in [0, 0.1) is 6.92 Å². The molecule has 1 aliphatic heterocycles. The van der Waals surface area contributed by atoms with Crippen LogP contribution >= 0.6 is 23.2 Å². The average molecular weight is 375 g/mol. The van der Waals surface area contributed by atoms with Gasteiger partial charge in [-0.3, -0.25) is 9.59 Å². The number of nitrogens with one attached hydrogen (secondary N) is 1. The molecule has 0 spiro atoms. The summed E-state index contributed by atoms with van der Waals surface area (Å²) < 4.78 is 0. The number of rotatable bonds is 4. The van der Waals surface area contributed by atoms with Crippen LogP contribution in [0.2, 0.25) is 5.02 Å². The maximum atomic E-state index is 12.8. The highest BCUT2D eigenvalue weighted by Crippen LogP contribution is 2.34. The third-order valence-corrected chi connectivity index (χ3v) is 4.90. The Balaban J connectivity index is 1.92. The van der Waals surface area contributed by atoms with Gasteiger partial charge in [0.25, 0.3) is 11.8 Å². The van der Waals surface area contributed by atoms with Crippen LogP contribution in [0.1, 0.15) is 18.1 Å². The summed E-state index contributed by atoms with van der Waals surface area (Å²) in [5.41, 5.74) is 3.00. The van der Waals surface area contributed by atoms with Gasteiger partial charge in [0.1, 0.15) is 10.7 Å². The molecule has 2 aromatic rings. The molecule has 0 saturated heterocycles. The van der Waals surface area contributed by atoms with Crippen LogP contribution in [0.5, 0.6) is 0 Å². The van der Waals surface area contributed by atoms with Crippen LogP contribution < -0.4 is 10.2 Å². The lowest BCUT2D eigenvalue weighted by Crippen LogP contribution is -2.32. The number of carbonyl (C=O) groups is 2. The van der Waals surface area contributed by atoms with E-state index in [2.05, 4.69) is 12.2 Å². The van der Waals surface area contributed by atoms with Crippen LogP contribution in [-0.2, 0) is 16.0 Å². The molecule has 2 aromatic carbocycles. The lowest BCUT2D eigenvalue weighted by atomic mass is 10.1. The van der Waals surface area contributed by atoms with Crippen molar-refractivity contribution in [3.63, 3.8) is 0 Å². The number of nitrogens with zero attached hydrogens (tertiary/aromatic N) is 1. The molecule has 0 saturated carbocycles. The summed E-state index contributed by atoms with van der Waals surface area (Å²) in [6, 6.07) is 12.7. The standard InChI is InChI=1S/C19H16Cl2N2O2/c1-3-12-7-9-13(10-8-12)22-17-16(21)18(24)23(19(17)25)15-6-4-5-14(20)11(15)2/h4-10,22H,3H2,1-2H3. The zero-order chi connectivity index (χ0) is 18.1. The number of hydrogen-bond donors (Lipinski definition) is 1. The highest BCUT2D eigenvalue weighted by atomic mass is 35.5. The van der Waals surface area contributed by atoms with Gasteiger partial charge >= 0.3 is 0 Å². The second-order valence-electron chi connectivity index (χ2n) is 5.69. The number of aryl methyl sites for hydroxylation is 1. The van der Waals surface area contributed by atoms with E-state index < -0.39 is 11.8 Å². The van der Waals surface area contributed by atoms with Crippen molar-refractivity contribution in [3.8, 4) is 0 Å². The fourth-order valence-electron chi connectivity index (χ4n) is 2.64. The van der Waals surface area contributed by atoms with Crippen molar-refractivity contribution in [2.45, 2.75) is 20.3 Å². The molecule has 1 aliphatic rings. The van der Waals surface area contributed by atoms with Gasteiger partial charge in [-0.2, -0.15) is 0 Å². The van der Waals surface area contributed by atoms with Crippen LogP contribution in [0.25, 0.3) is 0 Å². The van der Waals surface area contributed by atoms with Crippen molar-refractivity contribution < 1.29 is 9.59 Å². The SMILES string of the molecule is CCc1ccc(NC2=C(Cl)C(=O)N(c3cccc(Cl)c3C)C2=O)cc1. The van der Waals surface area contributed by atoms with E-state index >= 15 is 0 Å². The highest BCUT2D eigenvalue weighted by Gasteiger charge is 2.39. The lowest BCUT2D eigenvalue weighted by Gasteiger charge is -2.18. The first-order valence-electron chi connectivity index (χ1n) is 7.83. The Bertz CT molecular complexity index is 889. The second kappa shape index (κ2) is 6.90. The predicted octanol–water partition coefficient (Wildman–Crippen LogP) is 4.65. The van der Waals surface area contributed by atoms with Gasteiger partial charge in [0.15, 0.2) is 0 Å². The summed E-state index contributed by atoms with van der Waals surface area (Å²) >= 11 is 12.2. The quantitative estimate of drug-likeness (QED) is 0.792. The molecule has 128 valence electrons. The van der Waals surface area contributed by atoms with Crippen LogP contribution in [-0.4, -0.2) is 11.8 Å². The van der Waals surface area contributed by atoms with Crippen molar-refractivity contribution in [1.82, 2.24) is 0 Å². The van der Waals surface area contributed by atoms with E-state index in [0.29, 0.717) is 22.0 Å². The van der Waals surface area contributed by atoms with E-state index in [9.17, 15) is 9.59 Å². The molecule has 0 aromatic heterocycles. The molecule has 0 aliphatic carbocycles. The number of halogens is 2. The Morgan fingerprint density at radius 1 is 1.00 bits per heavy atom. The molecule has 2 amide bonds. The monoisotopic (exact) mass is 374 g/mol. The van der Waals surface area contributed by atoms with E-state index in [0.717, 1.165) is 11.3 Å². The number of benzene rings is 2. The van der Waals surface area contributed by atoms with E-state index in [1.54, 1.807) is 25.1 Å². The molecule has 0 fully saturated rings. The van der Waals surface area contributed by atoms with Crippen molar-refractivity contribution >= 4 is 46.4 Å². The number of imide groups is 1. The maximum absolute atomic E-state index is 12.8. The van der Waals surface area contributed by atoms with Crippen molar-refractivity contribution in [2.75, 3.05) is 10.2 Å². The summed E-state index contributed by atoms with van der Waals surface area (Å²) in [6.45, 7) is 3.81. The largest absolute Gasteiger partial charge is 0.350 e. The molecule has 0 unspecified atom stereocenters. The normalized spacial score (nSPS) is 14.5. The minimum atomic E-state index is -0.565. The van der Waals surface area contributed by atoms with Gasteiger partial charge in [-0.15, -0.1) is 0 Å². The number of carbonyl (C=O) groups excluding carboxylic acids is 2. The van der Waals surface area contributed by atoms with Gasteiger partial charge < -0.3 is 5.32 Å². The molecular weight excluding hydrogens is 359 g/mol. The molecule has 3 rings (SSSR count). The Hall–Kier alpha value is -2.30. The maximum Gasteiger partial charge on any atom is 0.283 e. The fourth-order valence-corrected chi connectivity index (χ4v) is 3.02. The molecule has 0 bridgehead atoms. The lowest BCUT2D eigenvalue weighted by molar-refractivity contribution is -0.120. The molecule has 1 heterocycles. The Labute approximate surface area is 156 Å². The van der Waals surface area contributed by atoms with Gasteiger partial charge in [-0.25, -0.2) is 4.90 Å². The smallest absolute Gasteiger partial charge is 0.283 e. The average Bonchev–Trinajstić information content (AvgIpc) is 2.82. The Morgan fingerprint density at radius 3 is 2.32 bits per heavy atom. The fraction of sp³-hybridized carbons (Fsp3) is 0.158. The number of anilines is 2. The zero-order valence-electron chi connectivity index (χ0n) is 13.8. The Morgan fingerprint density at radius 2 is 1.68 bits per heavy atom. The van der Waals surface area contributed by atoms with Gasteiger partial charge in [-0.1, -0.05) is 48.3 Å². The van der Waals surface area contributed by atoms with E-state index in [-0.39, 0.29) is 10.7 Å². The van der Waals surface area contributed by atoms with Gasteiger partial charge in [0.05, 0.1) is 5.69 Å². The first-order valence-corrected chi connectivity index (χ1v) is 8.59. The molecule has 25 heavy (non-hydrogen) atoms. The van der Waals surface area contributed by atoms with Crippen LogP contribution in [0.4, 0.5) is 11.4 Å². The third-order valence-electron chi connectivity index (χ3n) is 4.14. The molecule has 0 atom stereocenters. The number of amides is 2. The third kappa shape index (κ3) is 3.15. The van der Waals surface area contributed by atoms with Crippen molar-refractivity contribution in [1.29, 1.82) is 0 Å². The molecule has 1 N–H and O–H groups in total. The molecular formula is C19H16Cl2N2O2. The summed E-state index contributed by atoms with van der Waals surface area (Å²) in [4.78, 5) is 26.3. The minimum Gasteiger partial charge on any atom is -0.350 e. The van der Waals surface area contributed by atoms with Gasteiger partial charge in [0, 0.05) is 10.7 Å². The molecule has 0 radical (unpaired) electrons. The summed E-state index contributed by atoms with van der Waals surface area (Å²) in [7, 11) is 0. The van der Waals surface area contributed by atoms with Crippen molar-refractivity contribution in [2.24, 2.45) is 0 Å². The topological polar surface area (TPSA) is 49.4 Å². The highest BCUT2D eigenvalue weighted by molar-refractivity contribution is 6.53. The van der Waals surface area contributed by atoms with E-state index in [4.69, 9.17) is 23.2 Å².